The number of hydrogen-bond acceptors (Lipinski definition) is 6. The van der Waals surface area contributed by atoms with Crippen LogP contribution in [0.4, 0.5) is 10.5 Å². The second-order valence-electron chi connectivity index (χ2n) is 6.10. The molecule has 24 heavy (non-hydrogen) atoms. The van der Waals surface area contributed by atoms with Gasteiger partial charge in [0.25, 0.3) is 0 Å². The number of nitrogens with one attached hydrogen (secondary N) is 1. The van der Waals surface area contributed by atoms with Crippen molar-refractivity contribution >= 4 is 17.7 Å². The van der Waals surface area contributed by atoms with E-state index in [1.54, 1.807) is 50.0 Å². The van der Waals surface area contributed by atoms with Crippen molar-refractivity contribution in [3.05, 3.63) is 42.0 Å². The lowest BCUT2D eigenvalue weighted by atomic mass is 10.2. The Morgan fingerprint density at radius 2 is 2.00 bits per heavy atom. The molecule has 8 nitrogen and oxygen atoms in total. The van der Waals surface area contributed by atoms with E-state index in [4.69, 9.17) is 4.74 Å². The fourth-order valence-corrected chi connectivity index (χ4v) is 1.87. The largest absolute Gasteiger partial charge is 0.464 e. The Morgan fingerprint density at radius 1 is 1.25 bits per heavy atom. The van der Waals surface area contributed by atoms with Crippen LogP contribution in [0.15, 0.2) is 30.7 Å². The first kappa shape index (κ1) is 17.5. The number of ether oxygens (including phenoxy) is 2. The van der Waals surface area contributed by atoms with E-state index in [2.05, 4.69) is 20.1 Å². The zero-order valence-electron chi connectivity index (χ0n) is 14.1. The van der Waals surface area contributed by atoms with Crippen LogP contribution in [0.25, 0.3) is 0 Å². The maximum absolute atomic E-state index is 11.7. The van der Waals surface area contributed by atoms with Gasteiger partial charge >= 0.3 is 12.1 Å². The van der Waals surface area contributed by atoms with Crippen molar-refractivity contribution in [2.45, 2.75) is 32.9 Å². The van der Waals surface area contributed by atoms with Crippen LogP contribution in [-0.2, 0) is 16.0 Å². The normalized spacial score (nSPS) is 11.0. The number of amides is 1. The summed E-state index contributed by atoms with van der Waals surface area (Å²) in [6, 6.07) is 3.35. The van der Waals surface area contributed by atoms with Crippen molar-refractivity contribution in [2.75, 3.05) is 12.4 Å². The Hall–Kier alpha value is -2.90. The van der Waals surface area contributed by atoms with Crippen molar-refractivity contribution in [2.24, 2.45) is 0 Å². The number of carbonyl (C=O) groups is 2. The predicted molar refractivity (Wildman–Crippen MR) is 86.8 cm³/mol. The van der Waals surface area contributed by atoms with Crippen molar-refractivity contribution < 1.29 is 19.1 Å². The number of methoxy groups -OCH3 is 1. The van der Waals surface area contributed by atoms with Gasteiger partial charge in [0.05, 0.1) is 25.5 Å². The fourth-order valence-electron chi connectivity index (χ4n) is 1.87. The van der Waals surface area contributed by atoms with Gasteiger partial charge in [-0.15, -0.1) is 0 Å². The highest BCUT2D eigenvalue weighted by Gasteiger charge is 2.16. The fraction of sp³-hybridized carbons (Fsp3) is 0.375. The zero-order valence-corrected chi connectivity index (χ0v) is 14.1. The van der Waals surface area contributed by atoms with Crippen LogP contribution in [0.2, 0.25) is 0 Å². The van der Waals surface area contributed by atoms with Crippen LogP contribution >= 0.6 is 0 Å². The van der Waals surface area contributed by atoms with Gasteiger partial charge in [-0.3, -0.25) is 10.00 Å². The van der Waals surface area contributed by atoms with Gasteiger partial charge in [-0.2, -0.15) is 5.10 Å². The van der Waals surface area contributed by atoms with E-state index < -0.39 is 17.7 Å². The molecule has 0 spiro atoms. The topological polar surface area (TPSA) is 95.3 Å². The molecule has 1 N–H and O–H groups in total. The Bertz CT molecular complexity index is 716. The van der Waals surface area contributed by atoms with E-state index >= 15 is 0 Å². The Kier molecular flexibility index (Phi) is 5.18. The minimum Gasteiger partial charge on any atom is -0.464 e. The average Bonchev–Trinajstić information content (AvgIpc) is 2.92. The third-order valence-electron chi connectivity index (χ3n) is 2.84. The van der Waals surface area contributed by atoms with E-state index in [0.29, 0.717) is 12.2 Å². The molecule has 0 bridgehead atoms. The molecule has 0 radical (unpaired) electrons. The summed E-state index contributed by atoms with van der Waals surface area (Å²) in [7, 11) is 1.31. The van der Waals surface area contributed by atoms with Crippen molar-refractivity contribution in [3.63, 3.8) is 0 Å². The summed E-state index contributed by atoms with van der Waals surface area (Å²) >= 11 is 0. The molecule has 0 aromatic carbocycles. The lowest BCUT2D eigenvalue weighted by Crippen LogP contribution is -2.27. The van der Waals surface area contributed by atoms with Crippen molar-refractivity contribution in [3.8, 4) is 0 Å². The molecule has 8 heteroatoms. The lowest BCUT2D eigenvalue weighted by Gasteiger charge is -2.19. The predicted octanol–water partition coefficient (Wildman–Crippen LogP) is 2.46. The third kappa shape index (κ3) is 5.08. The summed E-state index contributed by atoms with van der Waals surface area (Å²) in [6.07, 6.45) is 4.25. The molecule has 2 rings (SSSR count). The van der Waals surface area contributed by atoms with Gasteiger partial charge in [-0.1, -0.05) is 6.07 Å². The molecule has 128 valence electrons. The van der Waals surface area contributed by atoms with Gasteiger partial charge < -0.3 is 9.47 Å². The summed E-state index contributed by atoms with van der Waals surface area (Å²) in [6.45, 7) is 5.83. The van der Waals surface area contributed by atoms with Gasteiger partial charge in [-0.05, 0) is 32.4 Å². The first-order valence-corrected chi connectivity index (χ1v) is 7.32. The molecule has 2 aromatic heterocycles. The molecule has 0 saturated heterocycles. The molecule has 0 saturated carbocycles. The highest BCUT2D eigenvalue weighted by molar-refractivity contribution is 5.87. The Balaban J connectivity index is 1.96. The summed E-state index contributed by atoms with van der Waals surface area (Å²) in [4.78, 5) is 27.1. The van der Waals surface area contributed by atoms with Gasteiger partial charge in [0.1, 0.15) is 11.3 Å². The monoisotopic (exact) mass is 332 g/mol. The smallest absolute Gasteiger partial charge is 0.412 e. The highest BCUT2D eigenvalue weighted by atomic mass is 16.6. The SMILES string of the molecule is COC(=O)c1ccc(Cn2cc(NC(=O)OC(C)(C)C)cn2)cn1. The Labute approximate surface area is 139 Å². The lowest BCUT2D eigenvalue weighted by molar-refractivity contribution is 0.0592. The maximum Gasteiger partial charge on any atom is 0.412 e. The molecule has 0 aliphatic heterocycles. The van der Waals surface area contributed by atoms with Gasteiger partial charge in [0, 0.05) is 12.4 Å². The molecular weight excluding hydrogens is 312 g/mol. The first-order chi connectivity index (χ1) is 11.3. The number of nitrogens with zero attached hydrogens (tertiary/aromatic N) is 3. The number of hydrogen-bond donors (Lipinski definition) is 1. The van der Waals surface area contributed by atoms with Crippen LogP contribution < -0.4 is 5.32 Å². The van der Waals surface area contributed by atoms with Crippen LogP contribution in [0, 0.1) is 0 Å². The third-order valence-corrected chi connectivity index (χ3v) is 2.84. The molecule has 0 aliphatic carbocycles. The molecule has 0 atom stereocenters. The number of anilines is 1. The molecule has 2 aromatic rings. The average molecular weight is 332 g/mol. The zero-order chi connectivity index (χ0) is 17.7. The molecular formula is C16H20N4O4. The summed E-state index contributed by atoms with van der Waals surface area (Å²) < 4.78 is 11.4. The molecule has 0 unspecified atom stereocenters. The molecule has 0 aliphatic rings. The molecule has 1 amide bonds. The maximum atomic E-state index is 11.7. The molecule has 0 fully saturated rings. The number of pyridine rings is 1. The van der Waals surface area contributed by atoms with Crippen LogP contribution in [0.5, 0.6) is 0 Å². The van der Waals surface area contributed by atoms with E-state index in [1.807, 2.05) is 0 Å². The van der Waals surface area contributed by atoms with E-state index in [9.17, 15) is 9.59 Å². The van der Waals surface area contributed by atoms with E-state index in [0.717, 1.165) is 5.56 Å². The highest BCUT2D eigenvalue weighted by Crippen LogP contribution is 2.12. The first-order valence-electron chi connectivity index (χ1n) is 7.32. The Morgan fingerprint density at radius 3 is 2.58 bits per heavy atom. The van der Waals surface area contributed by atoms with Crippen molar-refractivity contribution in [1.82, 2.24) is 14.8 Å². The quantitative estimate of drug-likeness (QED) is 0.864. The second kappa shape index (κ2) is 7.12. The summed E-state index contributed by atoms with van der Waals surface area (Å²) in [5, 5.41) is 6.78. The van der Waals surface area contributed by atoms with E-state index in [1.165, 1.54) is 13.3 Å². The van der Waals surface area contributed by atoms with Crippen LogP contribution in [-0.4, -0.2) is 39.5 Å². The standard InChI is InChI=1S/C16H20N4O4/c1-16(2,3)24-15(22)19-12-8-18-20(10-12)9-11-5-6-13(17-7-11)14(21)23-4/h5-8,10H,9H2,1-4H3,(H,19,22). The number of aromatic nitrogens is 3. The summed E-state index contributed by atoms with van der Waals surface area (Å²) in [5.74, 6) is -0.482. The van der Waals surface area contributed by atoms with Gasteiger partial charge in [-0.25, -0.2) is 14.6 Å². The number of carbonyl (C=O) groups excluding carboxylic acids is 2. The molecule has 2 heterocycles. The van der Waals surface area contributed by atoms with Crippen molar-refractivity contribution in [1.29, 1.82) is 0 Å². The van der Waals surface area contributed by atoms with E-state index in [-0.39, 0.29) is 5.69 Å². The second-order valence-corrected chi connectivity index (χ2v) is 6.10. The van der Waals surface area contributed by atoms with Crippen LogP contribution in [0.3, 0.4) is 0 Å². The van der Waals surface area contributed by atoms with Gasteiger partial charge in [0.15, 0.2) is 0 Å². The van der Waals surface area contributed by atoms with Crippen LogP contribution in [0.1, 0.15) is 36.8 Å². The number of esters is 1. The minimum atomic E-state index is -0.562. The summed E-state index contributed by atoms with van der Waals surface area (Å²) in [5.41, 5.74) is 1.07. The minimum absolute atomic E-state index is 0.244. The van der Waals surface area contributed by atoms with Gasteiger partial charge in [0.2, 0.25) is 0 Å². The number of rotatable bonds is 4.